The van der Waals surface area contributed by atoms with Gasteiger partial charge in [-0.1, -0.05) is 29.8 Å². The fourth-order valence-electron chi connectivity index (χ4n) is 3.20. The zero-order valence-electron chi connectivity index (χ0n) is 16.4. The molecular weight excluding hydrogens is 356 g/mol. The van der Waals surface area contributed by atoms with Crippen molar-refractivity contribution in [2.75, 3.05) is 6.61 Å². The number of fused-ring (bicyclic) bond motifs is 1. The molecule has 0 N–H and O–H groups in total. The summed E-state index contributed by atoms with van der Waals surface area (Å²) in [4.78, 5) is 33.6. The third kappa shape index (κ3) is 5.15. The molecule has 28 heavy (non-hydrogen) atoms. The van der Waals surface area contributed by atoms with Gasteiger partial charge in [0, 0.05) is 12.6 Å². The van der Waals surface area contributed by atoms with Crippen molar-refractivity contribution in [2.45, 2.75) is 40.0 Å². The highest BCUT2D eigenvalue weighted by atomic mass is 16.5. The molecule has 3 rings (SSSR count). The molecule has 1 aromatic carbocycles. The van der Waals surface area contributed by atoms with Gasteiger partial charge in [-0.05, 0) is 51.3 Å². The van der Waals surface area contributed by atoms with E-state index in [0.717, 1.165) is 18.5 Å². The van der Waals surface area contributed by atoms with Crippen LogP contribution in [0.25, 0.3) is 5.65 Å². The van der Waals surface area contributed by atoms with Gasteiger partial charge in [0.1, 0.15) is 5.69 Å². The highest BCUT2D eigenvalue weighted by molar-refractivity contribution is 5.96. The fraction of sp³-hybridized carbons (Fsp3) is 0.318. The monoisotopic (exact) mass is 380 g/mol. The second kappa shape index (κ2) is 10.2. The van der Waals surface area contributed by atoms with Gasteiger partial charge in [0.05, 0.1) is 12.3 Å². The fourth-order valence-corrected chi connectivity index (χ4v) is 3.20. The number of carbonyl (C=O) groups is 1. The Hall–Kier alpha value is -3.24. The number of hydrogen-bond acceptors (Lipinski definition) is 5. The van der Waals surface area contributed by atoms with Crippen LogP contribution < -0.4 is 4.74 Å². The van der Waals surface area contributed by atoms with Gasteiger partial charge in [-0.25, -0.2) is 4.98 Å². The largest absolute Gasteiger partial charge is 0.490 e. The molecule has 6 heteroatoms. The molecule has 6 nitrogen and oxygen atoms in total. The summed E-state index contributed by atoms with van der Waals surface area (Å²) in [5.74, 6) is 0.846. The molecule has 0 fully saturated rings. The van der Waals surface area contributed by atoms with E-state index >= 15 is 0 Å². The van der Waals surface area contributed by atoms with Crippen LogP contribution in [-0.4, -0.2) is 27.9 Å². The number of ketones is 1. The van der Waals surface area contributed by atoms with Crippen LogP contribution in [0.1, 0.15) is 47.1 Å². The van der Waals surface area contributed by atoms with Crippen molar-refractivity contribution < 1.29 is 19.1 Å². The molecule has 0 bridgehead atoms. The lowest BCUT2D eigenvalue weighted by Crippen LogP contribution is -2.06. The zero-order valence-corrected chi connectivity index (χ0v) is 16.4. The van der Waals surface area contributed by atoms with E-state index in [9.17, 15) is 4.79 Å². The summed E-state index contributed by atoms with van der Waals surface area (Å²) < 4.78 is 7.48. The zero-order chi connectivity index (χ0) is 20.5. The SMILES string of the molecule is CCOc1cccn2c(C(=O)CCCc3cccc(C)c3)c(C)nc12.O=C=O. The Kier molecular flexibility index (Phi) is 7.66. The summed E-state index contributed by atoms with van der Waals surface area (Å²) in [6.45, 7) is 6.49. The van der Waals surface area contributed by atoms with E-state index in [1.54, 1.807) is 0 Å². The number of ether oxygens (including phenoxy) is 1. The first-order valence-electron chi connectivity index (χ1n) is 9.20. The average molecular weight is 380 g/mol. The molecule has 2 heterocycles. The molecule has 0 radical (unpaired) electrons. The van der Waals surface area contributed by atoms with Gasteiger partial charge in [0.15, 0.2) is 17.2 Å². The number of aryl methyl sites for hydroxylation is 3. The van der Waals surface area contributed by atoms with Gasteiger partial charge in [0.25, 0.3) is 0 Å². The van der Waals surface area contributed by atoms with E-state index in [2.05, 4.69) is 36.2 Å². The molecule has 146 valence electrons. The van der Waals surface area contributed by atoms with E-state index in [1.807, 2.05) is 36.6 Å². The van der Waals surface area contributed by atoms with Gasteiger partial charge < -0.3 is 4.74 Å². The lowest BCUT2D eigenvalue weighted by Gasteiger charge is -2.06. The smallest absolute Gasteiger partial charge is 0.373 e. The predicted octanol–water partition coefficient (Wildman–Crippen LogP) is 3.97. The summed E-state index contributed by atoms with van der Waals surface area (Å²) >= 11 is 0. The Balaban J connectivity index is 0.000000878. The predicted molar refractivity (Wildman–Crippen MR) is 105 cm³/mol. The van der Waals surface area contributed by atoms with Crippen LogP contribution in [0.2, 0.25) is 0 Å². The molecule has 0 spiro atoms. The van der Waals surface area contributed by atoms with Crippen LogP contribution in [0.5, 0.6) is 5.75 Å². The molecular formula is C22H24N2O4. The first-order valence-corrected chi connectivity index (χ1v) is 9.20. The van der Waals surface area contributed by atoms with Gasteiger partial charge in [-0.2, -0.15) is 9.59 Å². The topological polar surface area (TPSA) is 77.7 Å². The van der Waals surface area contributed by atoms with Crippen LogP contribution >= 0.6 is 0 Å². The van der Waals surface area contributed by atoms with E-state index in [0.29, 0.717) is 30.1 Å². The maximum Gasteiger partial charge on any atom is 0.373 e. The highest BCUT2D eigenvalue weighted by Crippen LogP contribution is 2.23. The van der Waals surface area contributed by atoms with Crippen LogP contribution in [-0.2, 0) is 16.0 Å². The molecule has 0 aliphatic carbocycles. The summed E-state index contributed by atoms with van der Waals surface area (Å²) in [6.07, 6.45) is 4.39. The van der Waals surface area contributed by atoms with Crippen molar-refractivity contribution in [1.29, 1.82) is 0 Å². The molecule has 0 atom stereocenters. The number of aromatic nitrogens is 2. The van der Waals surface area contributed by atoms with Gasteiger partial charge in [-0.3, -0.25) is 9.20 Å². The maximum atomic E-state index is 12.8. The maximum absolute atomic E-state index is 12.8. The van der Waals surface area contributed by atoms with Crippen molar-refractivity contribution >= 4 is 17.6 Å². The molecule has 0 saturated carbocycles. The summed E-state index contributed by atoms with van der Waals surface area (Å²) in [5, 5.41) is 0. The first-order chi connectivity index (χ1) is 13.5. The minimum absolute atomic E-state index is 0.131. The normalized spacial score (nSPS) is 10.1. The van der Waals surface area contributed by atoms with Crippen molar-refractivity contribution in [1.82, 2.24) is 9.38 Å². The van der Waals surface area contributed by atoms with E-state index in [-0.39, 0.29) is 11.9 Å². The third-order valence-electron chi connectivity index (χ3n) is 4.30. The summed E-state index contributed by atoms with van der Waals surface area (Å²) in [7, 11) is 0. The highest BCUT2D eigenvalue weighted by Gasteiger charge is 2.18. The molecule has 3 aromatic rings. The van der Waals surface area contributed by atoms with Crippen molar-refractivity contribution in [3.8, 4) is 5.75 Å². The Bertz CT molecular complexity index is 985. The number of imidazole rings is 1. The average Bonchev–Trinajstić information content (AvgIpc) is 2.99. The Morgan fingerprint density at radius 3 is 2.61 bits per heavy atom. The molecule has 2 aromatic heterocycles. The Morgan fingerprint density at radius 2 is 1.93 bits per heavy atom. The number of rotatable bonds is 7. The van der Waals surface area contributed by atoms with E-state index < -0.39 is 0 Å². The van der Waals surface area contributed by atoms with E-state index in [1.165, 1.54) is 11.1 Å². The number of nitrogens with zero attached hydrogens (tertiary/aromatic N) is 2. The van der Waals surface area contributed by atoms with Crippen LogP contribution in [0.3, 0.4) is 0 Å². The second-order valence-corrected chi connectivity index (χ2v) is 6.39. The molecule has 0 aliphatic rings. The quantitative estimate of drug-likeness (QED) is 0.580. The number of carbonyl (C=O) groups excluding carboxylic acids is 3. The van der Waals surface area contributed by atoms with Crippen LogP contribution in [0.15, 0.2) is 42.6 Å². The third-order valence-corrected chi connectivity index (χ3v) is 4.30. The second-order valence-electron chi connectivity index (χ2n) is 6.39. The minimum Gasteiger partial charge on any atom is -0.490 e. The summed E-state index contributed by atoms with van der Waals surface area (Å²) in [5.41, 5.74) is 4.67. The van der Waals surface area contributed by atoms with Crippen LogP contribution in [0.4, 0.5) is 0 Å². The van der Waals surface area contributed by atoms with Gasteiger partial charge >= 0.3 is 6.15 Å². The summed E-state index contributed by atoms with van der Waals surface area (Å²) in [6, 6.07) is 12.2. The number of benzene rings is 1. The van der Waals surface area contributed by atoms with Crippen molar-refractivity contribution in [3.63, 3.8) is 0 Å². The van der Waals surface area contributed by atoms with Crippen LogP contribution in [0, 0.1) is 13.8 Å². The number of hydrogen-bond donors (Lipinski definition) is 0. The number of Topliss-reactive ketones (excluding diaryl/α,β-unsaturated/α-hetero) is 1. The van der Waals surface area contributed by atoms with Gasteiger partial charge in [-0.15, -0.1) is 0 Å². The first kappa shape index (κ1) is 21.1. The molecule has 0 amide bonds. The van der Waals surface area contributed by atoms with Crippen molar-refractivity contribution in [2.24, 2.45) is 0 Å². The Morgan fingerprint density at radius 1 is 1.18 bits per heavy atom. The van der Waals surface area contributed by atoms with Gasteiger partial charge in [0.2, 0.25) is 0 Å². The Labute approximate surface area is 164 Å². The van der Waals surface area contributed by atoms with E-state index in [4.69, 9.17) is 14.3 Å². The van der Waals surface area contributed by atoms with Crippen molar-refractivity contribution in [3.05, 3.63) is 65.1 Å². The molecule has 0 saturated heterocycles. The standard InChI is InChI=1S/C21H24N2O2.CO2/c1-4-25-19-12-7-13-23-20(16(3)22-21(19)23)18(24)11-6-10-17-9-5-8-15(2)14-17;2-1-3/h5,7-9,12-14H,4,6,10-11H2,1-3H3;. The molecule has 0 unspecified atom stereocenters. The lowest BCUT2D eigenvalue weighted by atomic mass is 10.0. The lowest BCUT2D eigenvalue weighted by molar-refractivity contribution is -0.191. The number of pyridine rings is 1. The molecule has 0 aliphatic heterocycles. The minimum atomic E-state index is 0.131.